The van der Waals surface area contributed by atoms with E-state index in [9.17, 15) is 24.3 Å². The Morgan fingerprint density at radius 2 is 1.82 bits per heavy atom. The number of amides is 2. The number of carbonyl (C=O) groups is 4. The van der Waals surface area contributed by atoms with Crippen molar-refractivity contribution in [1.82, 2.24) is 20.3 Å². The lowest BCUT2D eigenvalue weighted by atomic mass is 9.96. The van der Waals surface area contributed by atoms with Gasteiger partial charge in [0.05, 0.1) is 19.6 Å². The van der Waals surface area contributed by atoms with Crippen molar-refractivity contribution in [3.05, 3.63) is 23.9 Å². The molecule has 0 saturated carbocycles. The summed E-state index contributed by atoms with van der Waals surface area (Å²) in [6, 6.07) is 0.788. The van der Waals surface area contributed by atoms with Gasteiger partial charge in [0.1, 0.15) is 6.04 Å². The lowest BCUT2D eigenvalue weighted by Crippen LogP contribution is -2.41. The van der Waals surface area contributed by atoms with Crippen molar-refractivity contribution in [3.63, 3.8) is 0 Å². The van der Waals surface area contributed by atoms with Gasteiger partial charge in [-0.05, 0) is 37.3 Å². The number of aromatic nitrogens is 3. The molecule has 2 amide bonds. The largest absolute Gasteiger partial charge is 0.493 e. The number of nitrogens with one attached hydrogen (secondary N) is 2. The van der Waals surface area contributed by atoms with Crippen LogP contribution in [-0.2, 0) is 28.7 Å². The van der Waals surface area contributed by atoms with E-state index >= 15 is 0 Å². The number of pyridine rings is 1. The van der Waals surface area contributed by atoms with Gasteiger partial charge in [0, 0.05) is 24.5 Å². The molecule has 2 aromatic heterocycles. The van der Waals surface area contributed by atoms with Crippen LogP contribution in [0.2, 0.25) is 0 Å². The summed E-state index contributed by atoms with van der Waals surface area (Å²) in [5.74, 6) is -1.98. The molecular weight excluding hydrogens is 494 g/mol. The third-order valence-corrected chi connectivity index (χ3v) is 5.48. The molecule has 0 aliphatic heterocycles. The van der Waals surface area contributed by atoms with Crippen molar-refractivity contribution in [2.24, 2.45) is 5.41 Å². The van der Waals surface area contributed by atoms with E-state index in [0.717, 1.165) is 12.0 Å². The Morgan fingerprint density at radius 3 is 2.47 bits per heavy atom. The number of fused-ring (bicyclic) bond motifs is 1. The summed E-state index contributed by atoms with van der Waals surface area (Å²) in [6.07, 6.45) is 7.66. The van der Waals surface area contributed by atoms with E-state index in [1.165, 1.54) is 14.2 Å². The van der Waals surface area contributed by atoms with Gasteiger partial charge in [0.25, 0.3) is 0 Å². The van der Waals surface area contributed by atoms with E-state index in [2.05, 4.69) is 35.1 Å². The van der Waals surface area contributed by atoms with Crippen LogP contribution in [0.4, 0.5) is 5.95 Å². The number of anilines is 1. The van der Waals surface area contributed by atoms with Gasteiger partial charge in [-0.2, -0.15) is 9.97 Å². The van der Waals surface area contributed by atoms with Crippen molar-refractivity contribution < 1.29 is 33.8 Å². The first kappa shape index (κ1) is 30.1. The normalized spacial score (nSPS) is 12.2. The van der Waals surface area contributed by atoms with Gasteiger partial charge in [-0.3, -0.25) is 19.7 Å². The second-order valence-electron chi connectivity index (χ2n) is 9.62. The SMILES string of the molecule is COC(=O)CC[C@H](NC(=O)CCCC/C=C/c1cnc2nc(NC(=O)C(C)(C)C)nc(O)c2c1)C(=O)OC. The van der Waals surface area contributed by atoms with Crippen LogP contribution in [0.1, 0.15) is 64.9 Å². The van der Waals surface area contributed by atoms with E-state index in [4.69, 9.17) is 0 Å². The van der Waals surface area contributed by atoms with Gasteiger partial charge >= 0.3 is 11.9 Å². The Bertz CT molecular complexity index is 1190. The van der Waals surface area contributed by atoms with Crippen LogP contribution in [0, 0.1) is 5.41 Å². The summed E-state index contributed by atoms with van der Waals surface area (Å²) in [7, 11) is 2.47. The Kier molecular flexibility index (Phi) is 11.1. The number of allylic oxidation sites excluding steroid dienone is 1. The molecule has 0 aromatic carbocycles. The predicted octanol–water partition coefficient (Wildman–Crippen LogP) is 2.90. The molecule has 206 valence electrons. The van der Waals surface area contributed by atoms with Crippen molar-refractivity contribution in [2.75, 3.05) is 19.5 Å². The maximum absolute atomic E-state index is 12.2. The molecule has 0 radical (unpaired) electrons. The smallest absolute Gasteiger partial charge is 0.328 e. The molecule has 0 unspecified atom stereocenters. The van der Waals surface area contributed by atoms with Crippen molar-refractivity contribution >= 4 is 46.8 Å². The fourth-order valence-corrected chi connectivity index (χ4v) is 3.24. The Balaban J connectivity index is 1.85. The number of methoxy groups -OCH3 is 2. The number of esters is 2. The molecule has 3 N–H and O–H groups in total. The highest BCUT2D eigenvalue weighted by Crippen LogP contribution is 2.24. The first-order chi connectivity index (χ1) is 17.9. The lowest BCUT2D eigenvalue weighted by molar-refractivity contribution is -0.146. The molecule has 2 aromatic rings. The van der Waals surface area contributed by atoms with Crippen LogP contribution in [0.25, 0.3) is 17.1 Å². The maximum atomic E-state index is 12.2. The summed E-state index contributed by atoms with van der Waals surface area (Å²) in [4.78, 5) is 59.9. The number of rotatable bonds is 12. The third kappa shape index (κ3) is 9.41. The van der Waals surface area contributed by atoms with Gasteiger partial charge < -0.3 is 19.9 Å². The minimum Gasteiger partial charge on any atom is -0.493 e. The number of hydrogen-bond acceptors (Lipinski definition) is 10. The van der Waals surface area contributed by atoms with E-state index in [0.29, 0.717) is 18.2 Å². The molecular formula is C26H35N5O7. The molecule has 0 bridgehead atoms. The summed E-state index contributed by atoms with van der Waals surface area (Å²) < 4.78 is 9.25. The average Bonchev–Trinajstić information content (AvgIpc) is 2.87. The molecule has 38 heavy (non-hydrogen) atoms. The number of unbranched alkanes of at least 4 members (excludes halogenated alkanes) is 2. The maximum Gasteiger partial charge on any atom is 0.328 e. The molecule has 0 aliphatic carbocycles. The summed E-state index contributed by atoms with van der Waals surface area (Å²) in [6.45, 7) is 5.27. The second kappa shape index (κ2) is 14.0. The summed E-state index contributed by atoms with van der Waals surface area (Å²) in [5.41, 5.74) is 0.339. The molecule has 12 heteroatoms. The van der Waals surface area contributed by atoms with E-state index in [1.54, 1.807) is 33.0 Å². The molecule has 2 heterocycles. The molecule has 0 fully saturated rings. The molecule has 0 saturated heterocycles. The number of ether oxygens (including phenoxy) is 2. The summed E-state index contributed by atoms with van der Waals surface area (Å²) in [5, 5.41) is 15.8. The van der Waals surface area contributed by atoms with Crippen LogP contribution in [0.3, 0.4) is 0 Å². The molecule has 0 aliphatic rings. The van der Waals surface area contributed by atoms with Gasteiger partial charge in [-0.15, -0.1) is 0 Å². The van der Waals surface area contributed by atoms with Gasteiger partial charge in [0.2, 0.25) is 23.6 Å². The second-order valence-corrected chi connectivity index (χ2v) is 9.62. The zero-order valence-electron chi connectivity index (χ0n) is 22.4. The van der Waals surface area contributed by atoms with Crippen LogP contribution < -0.4 is 10.6 Å². The lowest BCUT2D eigenvalue weighted by Gasteiger charge is -2.16. The van der Waals surface area contributed by atoms with Crippen LogP contribution in [0.15, 0.2) is 18.3 Å². The van der Waals surface area contributed by atoms with E-state index in [-0.39, 0.29) is 48.6 Å². The van der Waals surface area contributed by atoms with Crippen LogP contribution >= 0.6 is 0 Å². The molecule has 0 spiro atoms. The zero-order valence-corrected chi connectivity index (χ0v) is 22.4. The fraction of sp³-hybridized carbons (Fsp3) is 0.500. The predicted molar refractivity (Wildman–Crippen MR) is 140 cm³/mol. The first-order valence-corrected chi connectivity index (χ1v) is 12.2. The van der Waals surface area contributed by atoms with Gasteiger partial charge in [-0.1, -0.05) is 32.9 Å². The minimum absolute atomic E-state index is 0.0101. The highest BCUT2D eigenvalue weighted by molar-refractivity contribution is 5.94. The highest BCUT2D eigenvalue weighted by atomic mass is 16.5. The van der Waals surface area contributed by atoms with Crippen molar-refractivity contribution in [3.8, 4) is 5.88 Å². The van der Waals surface area contributed by atoms with Crippen molar-refractivity contribution in [1.29, 1.82) is 0 Å². The highest BCUT2D eigenvalue weighted by Gasteiger charge is 2.23. The number of carbonyl (C=O) groups excluding carboxylic acids is 4. The van der Waals surface area contributed by atoms with E-state index in [1.807, 2.05) is 12.2 Å². The molecule has 2 rings (SSSR count). The number of aromatic hydroxyl groups is 1. The van der Waals surface area contributed by atoms with Crippen LogP contribution in [0.5, 0.6) is 5.88 Å². The monoisotopic (exact) mass is 529 g/mol. The van der Waals surface area contributed by atoms with Gasteiger partial charge in [-0.25, -0.2) is 9.78 Å². The standard InChI is InChI=1S/C26H35N5O7/c1-26(2,3)24(36)31-25-29-21-17(22(34)30-25)14-16(15-27-21)10-8-6-7-9-11-19(32)28-18(23(35)38-5)12-13-20(33)37-4/h8,10,14-15,18H,6-7,9,11-13H2,1-5H3,(H,28,32)(H2,27,29,30,31,34,36)/b10-8+/t18-/m0/s1. The van der Waals surface area contributed by atoms with Gasteiger partial charge in [0.15, 0.2) is 5.65 Å². The van der Waals surface area contributed by atoms with Crippen LogP contribution in [-0.4, -0.2) is 64.1 Å². The topological polar surface area (TPSA) is 170 Å². The molecule has 1 atom stereocenters. The number of hydrogen-bond donors (Lipinski definition) is 3. The Hall–Kier alpha value is -4.09. The summed E-state index contributed by atoms with van der Waals surface area (Å²) >= 11 is 0. The van der Waals surface area contributed by atoms with E-state index < -0.39 is 23.4 Å². The minimum atomic E-state index is -0.905. The van der Waals surface area contributed by atoms with Crippen molar-refractivity contribution in [2.45, 2.75) is 65.3 Å². The zero-order chi connectivity index (χ0) is 28.3. The quantitative estimate of drug-likeness (QED) is 0.274. The number of nitrogens with zero attached hydrogens (tertiary/aromatic N) is 3. The third-order valence-electron chi connectivity index (χ3n) is 5.48. The first-order valence-electron chi connectivity index (χ1n) is 12.2. The average molecular weight is 530 g/mol. The molecule has 12 nitrogen and oxygen atoms in total. The fourth-order valence-electron chi connectivity index (χ4n) is 3.24. The Morgan fingerprint density at radius 1 is 1.08 bits per heavy atom. The Labute approximate surface area is 221 Å².